The Labute approximate surface area is 91.1 Å². The molecule has 1 fully saturated rings. The summed E-state index contributed by atoms with van der Waals surface area (Å²) in [7, 11) is 0. The van der Waals surface area contributed by atoms with E-state index in [1.54, 1.807) is 0 Å². The minimum atomic E-state index is -4.33. The average molecular weight is 231 g/mol. The minimum Gasteiger partial charge on any atom is -0.390 e. The topological polar surface area (TPSA) is 33.1 Å². The van der Waals surface area contributed by atoms with Crippen molar-refractivity contribution in [3.63, 3.8) is 0 Å². The van der Waals surface area contributed by atoms with Crippen molar-refractivity contribution in [3.8, 4) is 0 Å². The van der Waals surface area contributed by atoms with E-state index in [1.165, 1.54) is 6.07 Å². The number of hydrogen-bond donors (Lipinski definition) is 1. The van der Waals surface area contributed by atoms with Gasteiger partial charge >= 0.3 is 6.18 Å². The van der Waals surface area contributed by atoms with Crippen LogP contribution in [0.4, 0.5) is 13.2 Å². The quantitative estimate of drug-likeness (QED) is 0.867. The molecule has 0 saturated heterocycles. The van der Waals surface area contributed by atoms with Crippen LogP contribution < -0.4 is 0 Å². The van der Waals surface area contributed by atoms with Gasteiger partial charge in [0, 0.05) is 11.9 Å². The lowest BCUT2D eigenvalue weighted by atomic mass is 10.1. The van der Waals surface area contributed by atoms with Gasteiger partial charge in [0.15, 0.2) is 0 Å². The third kappa shape index (κ3) is 2.72. The molecule has 0 spiro atoms. The Hall–Kier alpha value is -1.10. The fourth-order valence-electron chi connectivity index (χ4n) is 1.50. The zero-order valence-electron chi connectivity index (χ0n) is 8.59. The fourth-order valence-corrected chi connectivity index (χ4v) is 1.50. The number of rotatable bonds is 3. The van der Waals surface area contributed by atoms with Crippen LogP contribution in [0.1, 0.15) is 30.5 Å². The molecule has 1 aromatic rings. The summed E-state index contributed by atoms with van der Waals surface area (Å²) in [5.41, 5.74) is -0.723. The highest BCUT2D eigenvalue weighted by Crippen LogP contribution is 2.39. The third-order valence-electron chi connectivity index (χ3n) is 2.83. The number of nitrogens with zero attached hydrogens (tertiary/aromatic N) is 1. The second-order valence-corrected chi connectivity index (χ2v) is 4.26. The molecule has 16 heavy (non-hydrogen) atoms. The van der Waals surface area contributed by atoms with Crippen LogP contribution in [0, 0.1) is 0 Å². The largest absolute Gasteiger partial charge is 0.417 e. The SMILES string of the molecule is OC1(CCc2ccc(C(F)(F)F)cn2)CC1. The molecule has 0 bridgehead atoms. The van der Waals surface area contributed by atoms with Crippen molar-refractivity contribution in [2.24, 2.45) is 0 Å². The maximum Gasteiger partial charge on any atom is 0.417 e. The van der Waals surface area contributed by atoms with Crippen molar-refractivity contribution >= 4 is 0 Å². The molecule has 1 aliphatic rings. The van der Waals surface area contributed by atoms with E-state index in [0.29, 0.717) is 18.5 Å². The number of alkyl halides is 3. The van der Waals surface area contributed by atoms with Gasteiger partial charge in [0.05, 0.1) is 11.2 Å². The predicted octanol–water partition coefficient (Wildman–Crippen LogP) is 2.56. The number of aryl methyl sites for hydroxylation is 1. The van der Waals surface area contributed by atoms with E-state index in [4.69, 9.17) is 0 Å². The van der Waals surface area contributed by atoms with Gasteiger partial charge in [-0.15, -0.1) is 0 Å². The second-order valence-electron chi connectivity index (χ2n) is 4.26. The zero-order valence-corrected chi connectivity index (χ0v) is 8.59. The first-order chi connectivity index (χ1) is 7.39. The van der Waals surface area contributed by atoms with Crippen molar-refractivity contribution in [1.29, 1.82) is 0 Å². The monoisotopic (exact) mass is 231 g/mol. The van der Waals surface area contributed by atoms with Gasteiger partial charge in [-0.05, 0) is 37.8 Å². The lowest BCUT2D eigenvalue weighted by Gasteiger charge is -2.08. The van der Waals surface area contributed by atoms with Crippen LogP contribution in [-0.4, -0.2) is 15.7 Å². The normalized spacial score (nSPS) is 18.5. The van der Waals surface area contributed by atoms with Crippen molar-refractivity contribution in [3.05, 3.63) is 29.6 Å². The molecule has 2 rings (SSSR count). The van der Waals surface area contributed by atoms with Gasteiger partial charge in [0.25, 0.3) is 0 Å². The van der Waals surface area contributed by atoms with Gasteiger partial charge < -0.3 is 5.11 Å². The molecule has 1 N–H and O–H groups in total. The van der Waals surface area contributed by atoms with E-state index in [0.717, 1.165) is 25.1 Å². The maximum absolute atomic E-state index is 12.2. The van der Waals surface area contributed by atoms with E-state index in [-0.39, 0.29) is 0 Å². The highest BCUT2D eigenvalue weighted by molar-refractivity contribution is 5.17. The summed E-state index contributed by atoms with van der Waals surface area (Å²) >= 11 is 0. The standard InChI is InChI=1S/C11H12F3NO/c12-11(13,14)8-1-2-9(15-7-8)3-4-10(16)5-6-10/h1-2,7,16H,3-6H2. The van der Waals surface area contributed by atoms with Crippen LogP contribution in [0.15, 0.2) is 18.3 Å². The Kier molecular flexibility index (Phi) is 2.66. The number of aliphatic hydroxyl groups is 1. The van der Waals surface area contributed by atoms with Gasteiger partial charge in [0.2, 0.25) is 0 Å². The molecule has 1 saturated carbocycles. The lowest BCUT2D eigenvalue weighted by Crippen LogP contribution is -2.09. The molecule has 0 amide bonds. The van der Waals surface area contributed by atoms with Crippen molar-refractivity contribution < 1.29 is 18.3 Å². The summed E-state index contributed by atoms with van der Waals surface area (Å²) in [6.07, 6.45) is -0.826. The van der Waals surface area contributed by atoms with Crippen molar-refractivity contribution in [2.45, 2.75) is 37.5 Å². The number of halogens is 3. The average Bonchev–Trinajstić information content (AvgIpc) is 2.94. The molecule has 0 atom stereocenters. The molecule has 0 aromatic carbocycles. The predicted molar refractivity (Wildman–Crippen MR) is 51.7 cm³/mol. The van der Waals surface area contributed by atoms with E-state index in [9.17, 15) is 18.3 Å². The highest BCUT2D eigenvalue weighted by atomic mass is 19.4. The Morgan fingerprint density at radius 1 is 1.31 bits per heavy atom. The Morgan fingerprint density at radius 3 is 2.44 bits per heavy atom. The molecule has 1 heterocycles. The highest BCUT2D eigenvalue weighted by Gasteiger charge is 2.39. The number of hydrogen-bond acceptors (Lipinski definition) is 2. The van der Waals surface area contributed by atoms with Crippen molar-refractivity contribution in [2.75, 3.05) is 0 Å². The summed E-state index contributed by atoms with van der Waals surface area (Å²) < 4.78 is 36.7. The van der Waals surface area contributed by atoms with Crippen LogP contribution in [-0.2, 0) is 12.6 Å². The van der Waals surface area contributed by atoms with E-state index in [2.05, 4.69) is 4.98 Å². The van der Waals surface area contributed by atoms with Crippen LogP contribution >= 0.6 is 0 Å². The molecule has 1 aromatic heterocycles. The van der Waals surface area contributed by atoms with Gasteiger partial charge in [0.1, 0.15) is 0 Å². The smallest absolute Gasteiger partial charge is 0.390 e. The first-order valence-corrected chi connectivity index (χ1v) is 5.14. The Balaban J connectivity index is 1.96. The number of pyridine rings is 1. The molecular formula is C11H12F3NO. The molecule has 88 valence electrons. The molecule has 5 heteroatoms. The Morgan fingerprint density at radius 2 is 2.00 bits per heavy atom. The zero-order chi connectivity index (χ0) is 11.8. The van der Waals surface area contributed by atoms with Crippen LogP contribution in [0.5, 0.6) is 0 Å². The van der Waals surface area contributed by atoms with Gasteiger partial charge in [-0.25, -0.2) is 0 Å². The van der Waals surface area contributed by atoms with Crippen LogP contribution in [0.25, 0.3) is 0 Å². The van der Waals surface area contributed by atoms with Gasteiger partial charge in [-0.1, -0.05) is 0 Å². The molecule has 0 unspecified atom stereocenters. The lowest BCUT2D eigenvalue weighted by molar-refractivity contribution is -0.137. The molecule has 2 nitrogen and oxygen atoms in total. The Bertz CT molecular complexity index is 368. The summed E-state index contributed by atoms with van der Waals surface area (Å²) in [4.78, 5) is 3.74. The summed E-state index contributed by atoms with van der Waals surface area (Å²) in [6, 6.07) is 2.40. The minimum absolute atomic E-state index is 0.522. The summed E-state index contributed by atoms with van der Waals surface area (Å²) in [6.45, 7) is 0. The van der Waals surface area contributed by atoms with E-state index in [1.807, 2.05) is 0 Å². The van der Waals surface area contributed by atoms with Crippen LogP contribution in [0.3, 0.4) is 0 Å². The van der Waals surface area contributed by atoms with Gasteiger partial charge in [-0.2, -0.15) is 13.2 Å². The summed E-state index contributed by atoms with van der Waals surface area (Å²) in [5, 5.41) is 9.57. The van der Waals surface area contributed by atoms with Crippen molar-refractivity contribution in [1.82, 2.24) is 4.98 Å². The fraction of sp³-hybridized carbons (Fsp3) is 0.545. The van der Waals surface area contributed by atoms with Crippen LogP contribution in [0.2, 0.25) is 0 Å². The second kappa shape index (κ2) is 3.73. The first-order valence-electron chi connectivity index (χ1n) is 5.14. The maximum atomic E-state index is 12.2. The molecular weight excluding hydrogens is 219 g/mol. The van der Waals surface area contributed by atoms with E-state index < -0.39 is 17.3 Å². The third-order valence-corrected chi connectivity index (χ3v) is 2.83. The number of aromatic nitrogens is 1. The molecule has 0 radical (unpaired) electrons. The van der Waals surface area contributed by atoms with Gasteiger partial charge in [-0.3, -0.25) is 4.98 Å². The first kappa shape index (κ1) is 11.4. The summed E-state index contributed by atoms with van der Waals surface area (Å²) in [5.74, 6) is 0. The van der Waals surface area contributed by atoms with E-state index >= 15 is 0 Å². The molecule has 0 aliphatic heterocycles. The molecule has 1 aliphatic carbocycles.